The third-order valence-electron chi connectivity index (χ3n) is 2.96. The van der Waals surface area contributed by atoms with Crippen LogP contribution in [0.2, 0.25) is 0 Å². The van der Waals surface area contributed by atoms with E-state index in [2.05, 4.69) is 20.3 Å². The van der Waals surface area contributed by atoms with Gasteiger partial charge in [-0.2, -0.15) is 9.97 Å². The third kappa shape index (κ3) is 2.54. The number of nitrogens with one attached hydrogen (secondary N) is 1. The van der Waals surface area contributed by atoms with Gasteiger partial charge in [0.05, 0.1) is 22.2 Å². The zero-order valence-corrected chi connectivity index (χ0v) is 11.2. The first-order valence-corrected chi connectivity index (χ1v) is 6.23. The summed E-state index contributed by atoms with van der Waals surface area (Å²) in [5.74, 6) is 0.302. The molecule has 5 N–H and O–H groups in total. The van der Waals surface area contributed by atoms with Crippen molar-refractivity contribution >= 4 is 39.9 Å². The van der Waals surface area contributed by atoms with Crippen molar-refractivity contribution < 1.29 is 4.92 Å². The van der Waals surface area contributed by atoms with Crippen LogP contribution in [-0.2, 0) is 0 Å². The highest BCUT2D eigenvalue weighted by molar-refractivity contribution is 5.89. The van der Waals surface area contributed by atoms with Crippen LogP contribution >= 0.6 is 0 Å². The molecule has 22 heavy (non-hydrogen) atoms. The summed E-state index contributed by atoms with van der Waals surface area (Å²) < 4.78 is 0. The Hall–Kier alpha value is -3.49. The summed E-state index contributed by atoms with van der Waals surface area (Å²) in [5.41, 5.74) is 13.1. The molecule has 3 aromatic rings. The Bertz CT molecular complexity index is 864. The van der Waals surface area contributed by atoms with Crippen molar-refractivity contribution in [2.45, 2.75) is 0 Å². The number of rotatable bonds is 3. The maximum atomic E-state index is 10.6. The highest BCUT2D eigenvalue weighted by atomic mass is 16.6. The van der Waals surface area contributed by atoms with E-state index in [9.17, 15) is 10.1 Å². The number of hydrogen-bond donors (Lipinski definition) is 3. The minimum absolute atomic E-state index is 0.0234. The van der Waals surface area contributed by atoms with Crippen LogP contribution in [0, 0.1) is 10.1 Å². The number of nitro groups is 1. The predicted molar refractivity (Wildman–Crippen MR) is 82.5 cm³/mol. The fourth-order valence-corrected chi connectivity index (χ4v) is 1.95. The minimum atomic E-state index is -0.455. The average Bonchev–Trinajstić information content (AvgIpc) is 2.48. The summed E-state index contributed by atoms with van der Waals surface area (Å²) in [6, 6.07) is 7.76. The second kappa shape index (κ2) is 5.13. The first-order valence-electron chi connectivity index (χ1n) is 6.23. The van der Waals surface area contributed by atoms with E-state index in [4.69, 9.17) is 11.5 Å². The number of aromatic nitrogens is 3. The van der Waals surface area contributed by atoms with E-state index in [0.717, 1.165) is 0 Å². The lowest BCUT2D eigenvalue weighted by molar-refractivity contribution is -0.384. The molecule has 0 aliphatic heterocycles. The smallest absolute Gasteiger partial charge is 0.269 e. The van der Waals surface area contributed by atoms with Crippen molar-refractivity contribution in [3.63, 3.8) is 0 Å². The molecular formula is C13H11N7O2. The van der Waals surface area contributed by atoms with Crippen LogP contribution in [0.25, 0.3) is 11.0 Å². The molecule has 9 nitrogen and oxygen atoms in total. The Kier molecular flexibility index (Phi) is 3.14. The van der Waals surface area contributed by atoms with Gasteiger partial charge in [-0.05, 0) is 18.2 Å². The molecule has 0 spiro atoms. The fourth-order valence-electron chi connectivity index (χ4n) is 1.95. The molecule has 1 aromatic carbocycles. The molecule has 0 amide bonds. The Morgan fingerprint density at radius 1 is 1.09 bits per heavy atom. The first kappa shape index (κ1) is 13.5. The Labute approximate surface area is 124 Å². The summed E-state index contributed by atoms with van der Waals surface area (Å²) >= 11 is 0. The minimum Gasteiger partial charge on any atom is -0.383 e. The maximum absolute atomic E-state index is 10.6. The molecule has 3 rings (SSSR count). The van der Waals surface area contributed by atoms with Gasteiger partial charge in [0.15, 0.2) is 5.65 Å². The van der Waals surface area contributed by atoms with E-state index < -0.39 is 4.92 Å². The number of nitro benzene ring substituents is 1. The molecule has 0 saturated heterocycles. The molecule has 9 heteroatoms. The molecule has 0 fully saturated rings. The summed E-state index contributed by atoms with van der Waals surface area (Å²) in [4.78, 5) is 22.2. The molecule has 0 aliphatic rings. The number of non-ortho nitro benzene ring substituents is 1. The van der Waals surface area contributed by atoms with Gasteiger partial charge in [0.25, 0.3) is 5.69 Å². The molecule has 0 bridgehead atoms. The van der Waals surface area contributed by atoms with Crippen LogP contribution in [0.3, 0.4) is 0 Å². The van der Waals surface area contributed by atoms with Gasteiger partial charge in [-0.15, -0.1) is 0 Å². The molecule has 2 aromatic heterocycles. The summed E-state index contributed by atoms with van der Waals surface area (Å²) in [6.45, 7) is 0. The third-order valence-corrected chi connectivity index (χ3v) is 2.96. The molecule has 0 aliphatic carbocycles. The molecule has 0 atom stereocenters. The Balaban J connectivity index is 1.92. The van der Waals surface area contributed by atoms with Gasteiger partial charge in [0.2, 0.25) is 5.95 Å². The van der Waals surface area contributed by atoms with Crippen LogP contribution in [0.4, 0.5) is 28.8 Å². The largest absolute Gasteiger partial charge is 0.383 e. The molecule has 0 radical (unpaired) electrons. The van der Waals surface area contributed by atoms with Gasteiger partial charge in [-0.1, -0.05) is 0 Å². The highest BCUT2D eigenvalue weighted by Gasteiger charge is 2.07. The number of hydrogen-bond acceptors (Lipinski definition) is 8. The Morgan fingerprint density at radius 3 is 2.50 bits per heavy atom. The number of anilines is 4. The number of nitrogen functional groups attached to an aromatic ring is 2. The lowest BCUT2D eigenvalue weighted by Gasteiger charge is -2.08. The normalized spacial score (nSPS) is 10.5. The summed E-state index contributed by atoms with van der Waals surface area (Å²) in [7, 11) is 0. The monoisotopic (exact) mass is 297 g/mol. The van der Waals surface area contributed by atoms with E-state index in [-0.39, 0.29) is 17.5 Å². The van der Waals surface area contributed by atoms with Gasteiger partial charge < -0.3 is 16.8 Å². The first-order chi connectivity index (χ1) is 10.5. The van der Waals surface area contributed by atoms with Crippen molar-refractivity contribution in [3.05, 3.63) is 46.6 Å². The van der Waals surface area contributed by atoms with Crippen molar-refractivity contribution in [1.82, 2.24) is 15.0 Å². The molecular weight excluding hydrogens is 286 g/mol. The number of nitrogens with two attached hydrogens (primary N) is 2. The van der Waals surface area contributed by atoms with E-state index in [0.29, 0.717) is 22.4 Å². The number of benzene rings is 1. The van der Waals surface area contributed by atoms with Gasteiger partial charge in [0.1, 0.15) is 5.82 Å². The second-order valence-corrected chi connectivity index (χ2v) is 4.49. The van der Waals surface area contributed by atoms with Gasteiger partial charge in [-0.25, -0.2) is 4.98 Å². The average molecular weight is 297 g/mol. The zero-order chi connectivity index (χ0) is 15.7. The second-order valence-electron chi connectivity index (χ2n) is 4.49. The summed E-state index contributed by atoms with van der Waals surface area (Å²) in [6.07, 6.45) is 1.57. The van der Waals surface area contributed by atoms with Gasteiger partial charge in [-0.3, -0.25) is 10.1 Å². The van der Waals surface area contributed by atoms with E-state index in [1.165, 1.54) is 12.1 Å². The van der Waals surface area contributed by atoms with Crippen molar-refractivity contribution in [2.24, 2.45) is 0 Å². The van der Waals surface area contributed by atoms with Gasteiger partial charge in [0, 0.05) is 17.8 Å². The highest BCUT2D eigenvalue weighted by Crippen LogP contribution is 2.24. The SMILES string of the molecule is Nc1nc(N)c2cc(Nc3ccc([N+](=O)[O-])cc3)cnc2n1. The molecule has 110 valence electrons. The Morgan fingerprint density at radius 2 is 1.82 bits per heavy atom. The van der Waals surface area contributed by atoms with Crippen molar-refractivity contribution in [1.29, 1.82) is 0 Å². The van der Waals surface area contributed by atoms with E-state index in [1.807, 2.05) is 0 Å². The lowest BCUT2D eigenvalue weighted by Crippen LogP contribution is -2.02. The van der Waals surface area contributed by atoms with Crippen molar-refractivity contribution in [3.8, 4) is 0 Å². The topological polar surface area (TPSA) is 146 Å². The van der Waals surface area contributed by atoms with Crippen LogP contribution in [0.15, 0.2) is 36.5 Å². The van der Waals surface area contributed by atoms with E-state index in [1.54, 1.807) is 24.4 Å². The molecule has 2 heterocycles. The van der Waals surface area contributed by atoms with Crippen LogP contribution in [0.1, 0.15) is 0 Å². The quantitative estimate of drug-likeness (QED) is 0.490. The number of pyridine rings is 1. The predicted octanol–water partition coefficient (Wildman–Crippen LogP) is 1.84. The fraction of sp³-hybridized carbons (Fsp3) is 0. The van der Waals surface area contributed by atoms with Crippen molar-refractivity contribution in [2.75, 3.05) is 16.8 Å². The molecule has 0 saturated carbocycles. The molecule has 0 unspecified atom stereocenters. The number of fused-ring (bicyclic) bond motifs is 1. The zero-order valence-electron chi connectivity index (χ0n) is 11.2. The number of nitrogens with zero attached hydrogens (tertiary/aromatic N) is 4. The van der Waals surface area contributed by atoms with Crippen LogP contribution in [-0.4, -0.2) is 19.9 Å². The lowest BCUT2D eigenvalue weighted by atomic mass is 10.2. The standard InChI is InChI=1S/C13H11N7O2/c14-11-10-5-8(6-16-12(10)19-13(15)18-11)17-7-1-3-9(4-2-7)20(21)22/h1-6,17H,(H4,14,15,16,18,19). The van der Waals surface area contributed by atoms with Crippen LogP contribution in [0.5, 0.6) is 0 Å². The summed E-state index contributed by atoms with van der Waals surface area (Å²) in [5, 5.41) is 14.3. The van der Waals surface area contributed by atoms with Crippen LogP contribution < -0.4 is 16.8 Å². The van der Waals surface area contributed by atoms with Gasteiger partial charge >= 0.3 is 0 Å². The van der Waals surface area contributed by atoms with E-state index >= 15 is 0 Å². The maximum Gasteiger partial charge on any atom is 0.269 e.